The van der Waals surface area contributed by atoms with Crippen LogP contribution >= 0.6 is 11.8 Å². The fourth-order valence-electron chi connectivity index (χ4n) is 2.13. The third-order valence-electron chi connectivity index (χ3n) is 3.03. The van der Waals surface area contributed by atoms with E-state index < -0.39 is 5.97 Å². The molecule has 3 unspecified atom stereocenters. The van der Waals surface area contributed by atoms with E-state index in [-0.39, 0.29) is 6.42 Å². The molecule has 4 heteroatoms. The molecule has 0 aromatic carbocycles. The highest BCUT2D eigenvalue weighted by atomic mass is 32.2. The zero-order chi connectivity index (χ0) is 11.3. The lowest BCUT2D eigenvalue weighted by Crippen LogP contribution is -2.35. The summed E-state index contributed by atoms with van der Waals surface area (Å²) in [5.41, 5.74) is 0. The number of carbonyl (C=O) groups is 1. The monoisotopic (exact) mass is 231 g/mol. The van der Waals surface area contributed by atoms with Gasteiger partial charge in [-0.25, -0.2) is 0 Å². The number of thioether (sulfide) groups is 1. The predicted molar refractivity (Wildman–Crippen MR) is 64.4 cm³/mol. The molecule has 1 saturated carbocycles. The lowest BCUT2D eigenvalue weighted by molar-refractivity contribution is -0.137. The van der Waals surface area contributed by atoms with Gasteiger partial charge < -0.3 is 10.4 Å². The maximum absolute atomic E-state index is 10.4. The van der Waals surface area contributed by atoms with Crippen LogP contribution in [0.25, 0.3) is 0 Å². The van der Waals surface area contributed by atoms with Crippen LogP contribution in [0.15, 0.2) is 0 Å². The molecule has 0 amide bonds. The van der Waals surface area contributed by atoms with Gasteiger partial charge in [0, 0.05) is 23.8 Å². The molecule has 0 bridgehead atoms. The predicted octanol–water partition coefficient (Wildman–Crippen LogP) is 2.11. The van der Waals surface area contributed by atoms with Crippen molar-refractivity contribution in [2.24, 2.45) is 0 Å². The van der Waals surface area contributed by atoms with Crippen molar-refractivity contribution in [1.82, 2.24) is 5.32 Å². The standard InChI is InChI=1S/C11H21NO2S/c1-8(3-6-11(13)14)12-9-4-5-10(7-9)15-2/h8-10,12H,3-7H2,1-2H3,(H,13,14). The topological polar surface area (TPSA) is 49.3 Å². The summed E-state index contributed by atoms with van der Waals surface area (Å²) in [7, 11) is 0. The fraction of sp³-hybridized carbons (Fsp3) is 0.909. The quantitative estimate of drug-likeness (QED) is 0.735. The maximum atomic E-state index is 10.4. The van der Waals surface area contributed by atoms with Gasteiger partial charge in [0.15, 0.2) is 0 Å². The molecule has 1 rings (SSSR count). The maximum Gasteiger partial charge on any atom is 0.303 e. The van der Waals surface area contributed by atoms with Gasteiger partial charge in [-0.3, -0.25) is 4.79 Å². The van der Waals surface area contributed by atoms with Gasteiger partial charge in [-0.15, -0.1) is 0 Å². The molecule has 88 valence electrons. The summed E-state index contributed by atoms with van der Waals surface area (Å²) >= 11 is 1.95. The molecule has 1 fully saturated rings. The second-order valence-corrected chi connectivity index (χ2v) is 5.51. The highest BCUT2D eigenvalue weighted by Crippen LogP contribution is 2.28. The van der Waals surface area contributed by atoms with Gasteiger partial charge in [0.2, 0.25) is 0 Å². The van der Waals surface area contributed by atoms with Crippen LogP contribution in [0.2, 0.25) is 0 Å². The number of hydrogen-bond acceptors (Lipinski definition) is 3. The van der Waals surface area contributed by atoms with E-state index in [0.29, 0.717) is 12.1 Å². The first-order valence-corrected chi connectivity index (χ1v) is 6.91. The van der Waals surface area contributed by atoms with Crippen molar-refractivity contribution < 1.29 is 9.90 Å². The Kier molecular flexibility index (Phi) is 5.47. The number of carboxylic acids is 1. The van der Waals surface area contributed by atoms with E-state index in [9.17, 15) is 4.79 Å². The second-order valence-electron chi connectivity index (χ2n) is 4.37. The Labute approximate surface area is 96.0 Å². The molecule has 3 atom stereocenters. The summed E-state index contributed by atoms with van der Waals surface area (Å²) in [6.07, 6.45) is 6.94. The van der Waals surface area contributed by atoms with Crippen molar-refractivity contribution in [3.05, 3.63) is 0 Å². The average molecular weight is 231 g/mol. The third-order valence-corrected chi connectivity index (χ3v) is 4.12. The molecule has 0 aliphatic heterocycles. The van der Waals surface area contributed by atoms with Crippen molar-refractivity contribution in [3.63, 3.8) is 0 Å². The van der Waals surface area contributed by atoms with Crippen LogP contribution < -0.4 is 5.32 Å². The van der Waals surface area contributed by atoms with Gasteiger partial charge in [-0.05, 0) is 38.9 Å². The van der Waals surface area contributed by atoms with Crippen molar-refractivity contribution in [3.8, 4) is 0 Å². The van der Waals surface area contributed by atoms with E-state index in [1.165, 1.54) is 19.3 Å². The van der Waals surface area contributed by atoms with E-state index in [0.717, 1.165) is 11.7 Å². The smallest absolute Gasteiger partial charge is 0.303 e. The molecule has 1 aliphatic rings. The van der Waals surface area contributed by atoms with Crippen molar-refractivity contribution in [1.29, 1.82) is 0 Å². The van der Waals surface area contributed by atoms with E-state index in [2.05, 4.69) is 18.5 Å². The molecular formula is C11H21NO2S. The van der Waals surface area contributed by atoms with Gasteiger partial charge in [-0.1, -0.05) is 0 Å². The molecule has 1 aliphatic carbocycles. The second kappa shape index (κ2) is 6.38. The normalized spacial score (nSPS) is 27.9. The van der Waals surface area contributed by atoms with Gasteiger partial charge in [0.1, 0.15) is 0 Å². The number of carboxylic acid groups (broad SMARTS) is 1. The largest absolute Gasteiger partial charge is 0.481 e. The Morgan fingerprint density at radius 3 is 2.87 bits per heavy atom. The molecule has 0 saturated heterocycles. The third kappa shape index (κ3) is 4.89. The van der Waals surface area contributed by atoms with Crippen LogP contribution in [0.5, 0.6) is 0 Å². The van der Waals surface area contributed by atoms with Crippen LogP contribution in [0, 0.1) is 0 Å². The Bertz CT molecular complexity index is 211. The summed E-state index contributed by atoms with van der Waals surface area (Å²) in [4.78, 5) is 10.4. The Balaban J connectivity index is 2.15. The molecule has 15 heavy (non-hydrogen) atoms. The first kappa shape index (κ1) is 12.8. The first-order chi connectivity index (χ1) is 7.11. The minimum absolute atomic E-state index is 0.271. The summed E-state index contributed by atoms with van der Waals surface area (Å²) in [6.45, 7) is 2.08. The molecule has 2 N–H and O–H groups in total. The average Bonchev–Trinajstić information content (AvgIpc) is 2.62. The van der Waals surface area contributed by atoms with Crippen LogP contribution in [0.4, 0.5) is 0 Å². The number of nitrogens with one attached hydrogen (secondary N) is 1. The Morgan fingerprint density at radius 2 is 2.33 bits per heavy atom. The van der Waals surface area contributed by atoms with Crippen LogP contribution in [0.3, 0.4) is 0 Å². The van der Waals surface area contributed by atoms with Crippen LogP contribution in [0.1, 0.15) is 39.0 Å². The van der Waals surface area contributed by atoms with Gasteiger partial charge in [0.05, 0.1) is 0 Å². The van der Waals surface area contributed by atoms with Crippen LogP contribution in [-0.2, 0) is 4.79 Å². The zero-order valence-electron chi connectivity index (χ0n) is 9.53. The summed E-state index contributed by atoms with van der Waals surface area (Å²) in [5, 5.41) is 12.9. The highest BCUT2D eigenvalue weighted by molar-refractivity contribution is 7.99. The lowest BCUT2D eigenvalue weighted by atomic mass is 10.1. The molecular weight excluding hydrogens is 210 g/mol. The molecule has 0 aromatic rings. The Hall–Kier alpha value is -0.220. The van der Waals surface area contributed by atoms with Crippen molar-refractivity contribution >= 4 is 17.7 Å². The van der Waals surface area contributed by atoms with Crippen molar-refractivity contribution in [2.45, 2.75) is 56.4 Å². The molecule has 3 nitrogen and oxygen atoms in total. The van der Waals surface area contributed by atoms with Crippen LogP contribution in [-0.4, -0.2) is 34.7 Å². The minimum atomic E-state index is -0.697. The Morgan fingerprint density at radius 1 is 1.60 bits per heavy atom. The number of hydrogen-bond donors (Lipinski definition) is 2. The number of rotatable bonds is 6. The number of aliphatic carboxylic acids is 1. The van der Waals surface area contributed by atoms with Gasteiger partial charge in [0.25, 0.3) is 0 Å². The molecule has 0 radical (unpaired) electrons. The summed E-state index contributed by atoms with van der Waals surface area (Å²) in [6, 6.07) is 0.929. The van der Waals surface area contributed by atoms with Crippen molar-refractivity contribution in [2.75, 3.05) is 6.26 Å². The highest BCUT2D eigenvalue weighted by Gasteiger charge is 2.24. The van der Waals surface area contributed by atoms with E-state index in [1.54, 1.807) is 0 Å². The zero-order valence-corrected chi connectivity index (χ0v) is 10.3. The lowest BCUT2D eigenvalue weighted by Gasteiger charge is -2.18. The van der Waals surface area contributed by atoms with Gasteiger partial charge in [-0.2, -0.15) is 11.8 Å². The molecule has 0 spiro atoms. The van der Waals surface area contributed by atoms with E-state index >= 15 is 0 Å². The van der Waals surface area contributed by atoms with E-state index in [1.807, 2.05) is 11.8 Å². The van der Waals surface area contributed by atoms with Gasteiger partial charge >= 0.3 is 5.97 Å². The first-order valence-electron chi connectivity index (χ1n) is 5.62. The summed E-state index contributed by atoms with van der Waals surface area (Å²) in [5.74, 6) is -0.697. The van der Waals surface area contributed by atoms with E-state index in [4.69, 9.17) is 5.11 Å². The molecule has 0 heterocycles. The minimum Gasteiger partial charge on any atom is -0.481 e. The molecule has 0 aromatic heterocycles. The SMILES string of the molecule is CSC1CCC(NC(C)CCC(=O)O)C1. The fourth-order valence-corrected chi connectivity index (χ4v) is 2.93. The summed E-state index contributed by atoms with van der Waals surface area (Å²) < 4.78 is 0.